The first-order valence-electron chi connectivity index (χ1n) is 6.48. The van der Waals surface area contributed by atoms with Crippen molar-refractivity contribution < 1.29 is 9.53 Å². The smallest absolute Gasteiger partial charge is 0.139 e. The van der Waals surface area contributed by atoms with Crippen LogP contribution in [0.15, 0.2) is 24.3 Å². The summed E-state index contributed by atoms with van der Waals surface area (Å²) in [7, 11) is 0. The fourth-order valence-electron chi connectivity index (χ4n) is 2.43. The van der Waals surface area contributed by atoms with E-state index in [-0.39, 0.29) is 0 Å². The van der Waals surface area contributed by atoms with Gasteiger partial charge in [-0.3, -0.25) is 4.79 Å². The monoisotopic (exact) mass is 232 g/mol. The standard InChI is InChI=1S/C15H20O2/c1-12-5-4-8-14(11-12)17-10-9-15(16)13-6-2-3-7-13/h4-5,8,11,13H,2-3,6-7,9-10H2,1H3. The summed E-state index contributed by atoms with van der Waals surface area (Å²) in [5, 5.41) is 0. The van der Waals surface area contributed by atoms with Gasteiger partial charge in [0, 0.05) is 12.3 Å². The molecule has 0 bridgehead atoms. The van der Waals surface area contributed by atoms with Crippen molar-refractivity contribution in [1.82, 2.24) is 0 Å². The van der Waals surface area contributed by atoms with E-state index in [2.05, 4.69) is 0 Å². The third kappa shape index (κ3) is 3.58. The van der Waals surface area contributed by atoms with Crippen LogP contribution in [0.2, 0.25) is 0 Å². The average molecular weight is 232 g/mol. The first-order valence-corrected chi connectivity index (χ1v) is 6.48. The number of Topliss-reactive ketones (excluding diaryl/α,β-unsaturated/α-hetero) is 1. The van der Waals surface area contributed by atoms with Crippen LogP contribution in [0.25, 0.3) is 0 Å². The van der Waals surface area contributed by atoms with E-state index in [0.29, 0.717) is 24.7 Å². The zero-order valence-electron chi connectivity index (χ0n) is 10.4. The van der Waals surface area contributed by atoms with Crippen molar-refractivity contribution in [3.63, 3.8) is 0 Å². The summed E-state index contributed by atoms with van der Waals surface area (Å²) >= 11 is 0. The van der Waals surface area contributed by atoms with Gasteiger partial charge in [-0.1, -0.05) is 25.0 Å². The summed E-state index contributed by atoms with van der Waals surface area (Å²) < 4.78 is 5.60. The molecule has 0 heterocycles. The highest BCUT2D eigenvalue weighted by Crippen LogP contribution is 2.26. The Morgan fingerprint density at radius 2 is 2.12 bits per heavy atom. The van der Waals surface area contributed by atoms with Gasteiger partial charge in [0.15, 0.2) is 0 Å². The van der Waals surface area contributed by atoms with E-state index in [1.165, 1.54) is 18.4 Å². The minimum atomic E-state index is 0.316. The molecule has 0 aromatic heterocycles. The molecule has 2 heteroatoms. The van der Waals surface area contributed by atoms with Gasteiger partial charge in [0.05, 0.1) is 6.61 Å². The van der Waals surface area contributed by atoms with Crippen LogP contribution in [0, 0.1) is 12.8 Å². The fraction of sp³-hybridized carbons (Fsp3) is 0.533. The lowest BCUT2D eigenvalue weighted by Crippen LogP contribution is -2.14. The first kappa shape index (κ1) is 12.2. The van der Waals surface area contributed by atoms with Gasteiger partial charge in [0.2, 0.25) is 0 Å². The van der Waals surface area contributed by atoms with Gasteiger partial charge in [0.25, 0.3) is 0 Å². The van der Waals surface area contributed by atoms with Crippen LogP contribution in [0.3, 0.4) is 0 Å². The largest absolute Gasteiger partial charge is 0.493 e. The molecule has 1 aliphatic carbocycles. The Hall–Kier alpha value is -1.31. The lowest BCUT2D eigenvalue weighted by Gasteiger charge is -2.09. The van der Waals surface area contributed by atoms with Gasteiger partial charge in [-0.2, -0.15) is 0 Å². The molecule has 1 aromatic carbocycles. The number of carbonyl (C=O) groups is 1. The highest BCUT2D eigenvalue weighted by Gasteiger charge is 2.21. The van der Waals surface area contributed by atoms with Crippen molar-refractivity contribution in [3.05, 3.63) is 29.8 Å². The molecule has 92 valence electrons. The van der Waals surface area contributed by atoms with Gasteiger partial charge < -0.3 is 4.74 Å². The van der Waals surface area contributed by atoms with E-state index in [0.717, 1.165) is 18.6 Å². The van der Waals surface area contributed by atoms with Crippen LogP contribution in [-0.2, 0) is 4.79 Å². The molecule has 2 nitrogen and oxygen atoms in total. The lowest BCUT2D eigenvalue weighted by atomic mass is 10.0. The van der Waals surface area contributed by atoms with Crippen molar-refractivity contribution in [2.45, 2.75) is 39.0 Å². The molecule has 1 fully saturated rings. The van der Waals surface area contributed by atoms with Gasteiger partial charge >= 0.3 is 0 Å². The second-order valence-electron chi connectivity index (χ2n) is 4.86. The predicted octanol–water partition coefficient (Wildman–Crippen LogP) is 3.52. The van der Waals surface area contributed by atoms with Crippen LogP contribution in [-0.4, -0.2) is 12.4 Å². The maximum atomic E-state index is 11.8. The quantitative estimate of drug-likeness (QED) is 0.776. The highest BCUT2D eigenvalue weighted by molar-refractivity contribution is 5.81. The second kappa shape index (κ2) is 5.85. The maximum Gasteiger partial charge on any atom is 0.139 e. The molecule has 0 atom stereocenters. The molecule has 1 saturated carbocycles. The third-order valence-electron chi connectivity index (χ3n) is 3.42. The molecule has 2 rings (SSSR count). The summed E-state index contributed by atoms with van der Waals surface area (Å²) in [6.45, 7) is 2.55. The van der Waals surface area contributed by atoms with Crippen LogP contribution < -0.4 is 4.74 Å². The second-order valence-corrected chi connectivity index (χ2v) is 4.86. The minimum Gasteiger partial charge on any atom is -0.493 e. The summed E-state index contributed by atoms with van der Waals surface area (Å²) in [6.07, 6.45) is 5.16. The Bertz CT molecular complexity index is 378. The topological polar surface area (TPSA) is 26.3 Å². The molecule has 0 unspecified atom stereocenters. The van der Waals surface area contributed by atoms with Gasteiger partial charge in [0.1, 0.15) is 11.5 Å². The van der Waals surface area contributed by atoms with E-state index in [1.54, 1.807) is 0 Å². The molecular formula is C15H20O2. The van der Waals surface area contributed by atoms with Gasteiger partial charge in [-0.15, -0.1) is 0 Å². The van der Waals surface area contributed by atoms with Gasteiger partial charge in [-0.05, 0) is 37.5 Å². The van der Waals surface area contributed by atoms with E-state index >= 15 is 0 Å². The normalized spacial score (nSPS) is 16.1. The number of aryl methyl sites for hydroxylation is 1. The zero-order chi connectivity index (χ0) is 12.1. The highest BCUT2D eigenvalue weighted by atomic mass is 16.5. The SMILES string of the molecule is Cc1cccc(OCCC(=O)C2CCCC2)c1. The number of carbonyl (C=O) groups excluding carboxylic acids is 1. The Kier molecular flexibility index (Phi) is 4.18. The Labute approximate surface area is 103 Å². The third-order valence-corrected chi connectivity index (χ3v) is 3.42. The number of hydrogen-bond donors (Lipinski definition) is 0. The molecule has 17 heavy (non-hydrogen) atoms. The first-order chi connectivity index (χ1) is 8.25. The molecule has 0 aliphatic heterocycles. The Balaban J connectivity index is 1.73. The minimum absolute atomic E-state index is 0.316. The number of ketones is 1. The summed E-state index contributed by atoms with van der Waals surface area (Å²) in [4.78, 5) is 11.8. The molecule has 0 radical (unpaired) electrons. The predicted molar refractivity (Wildman–Crippen MR) is 68.3 cm³/mol. The maximum absolute atomic E-state index is 11.8. The Morgan fingerprint density at radius 3 is 2.82 bits per heavy atom. The van der Waals surface area contributed by atoms with Crippen molar-refractivity contribution in [2.75, 3.05) is 6.61 Å². The van der Waals surface area contributed by atoms with Crippen LogP contribution >= 0.6 is 0 Å². The molecule has 1 aliphatic rings. The summed E-state index contributed by atoms with van der Waals surface area (Å²) in [5.41, 5.74) is 1.18. The van der Waals surface area contributed by atoms with E-state index in [4.69, 9.17) is 4.74 Å². The van der Waals surface area contributed by atoms with Crippen LogP contribution in [0.4, 0.5) is 0 Å². The summed E-state index contributed by atoms with van der Waals surface area (Å²) in [6, 6.07) is 7.95. The number of hydrogen-bond acceptors (Lipinski definition) is 2. The molecular weight excluding hydrogens is 212 g/mol. The molecule has 1 aromatic rings. The van der Waals surface area contributed by atoms with Crippen molar-refractivity contribution >= 4 is 5.78 Å². The van der Waals surface area contributed by atoms with Crippen molar-refractivity contribution in [3.8, 4) is 5.75 Å². The number of rotatable bonds is 5. The van der Waals surface area contributed by atoms with E-state index in [9.17, 15) is 4.79 Å². The van der Waals surface area contributed by atoms with Gasteiger partial charge in [-0.25, -0.2) is 0 Å². The van der Waals surface area contributed by atoms with E-state index in [1.807, 2.05) is 31.2 Å². The number of ether oxygens (including phenoxy) is 1. The lowest BCUT2D eigenvalue weighted by molar-refractivity contribution is -0.123. The molecule has 0 spiro atoms. The fourth-order valence-corrected chi connectivity index (χ4v) is 2.43. The van der Waals surface area contributed by atoms with Crippen molar-refractivity contribution in [1.29, 1.82) is 0 Å². The van der Waals surface area contributed by atoms with E-state index < -0.39 is 0 Å². The van der Waals surface area contributed by atoms with Crippen LogP contribution in [0.1, 0.15) is 37.7 Å². The Morgan fingerprint density at radius 1 is 1.35 bits per heavy atom. The van der Waals surface area contributed by atoms with Crippen LogP contribution in [0.5, 0.6) is 5.75 Å². The van der Waals surface area contributed by atoms with Crippen molar-refractivity contribution in [2.24, 2.45) is 5.92 Å². The molecule has 0 amide bonds. The molecule has 0 saturated heterocycles. The number of benzene rings is 1. The summed E-state index contributed by atoms with van der Waals surface area (Å²) in [5.74, 6) is 1.57. The zero-order valence-corrected chi connectivity index (χ0v) is 10.4. The molecule has 0 N–H and O–H groups in total. The average Bonchev–Trinajstić information content (AvgIpc) is 2.82.